The number of fused-ring (bicyclic) bond motifs is 4. The van der Waals surface area contributed by atoms with E-state index in [1.165, 1.54) is 27.7 Å². The van der Waals surface area contributed by atoms with Gasteiger partial charge in [-0.1, -0.05) is 44.2 Å². The molecule has 29 heavy (non-hydrogen) atoms. The van der Waals surface area contributed by atoms with Gasteiger partial charge in [0.1, 0.15) is 17.1 Å². The SMILES string of the molecule is COc1ccc([C@@H]2C[NH2+][C@@]3(CC(=O)CC(C)(C)C3)c3[nH]c4ccccc4c32)cc1. The molecule has 0 saturated heterocycles. The summed E-state index contributed by atoms with van der Waals surface area (Å²) in [6.07, 6.45) is 2.31. The van der Waals surface area contributed by atoms with Gasteiger partial charge in [-0.3, -0.25) is 4.79 Å². The number of ether oxygens (including phenoxy) is 1. The molecule has 2 aliphatic rings. The fraction of sp³-hybridized carbons (Fsp3) is 0.400. The molecule has 2 aromatic carbocycles. The Kier molecular flexibility index (Phi) is 4.11. The zero-order valence-electron chi connectivity index (χ0n) is 17.4. The summed E-state index contributed by atoms with van der Waals surface area (Å²) in [6, 6.07) is 17.0. The number of aromatic nitrogens is 1. The third-order valence-corrected chi connectivity index (χ3v) is 6.84. The molecule has 4 heteroatoms. The molecule has 0 amide bonds. The number of nitrogens with one attached hydrogen (secondary N) is 1. The van der Waals surface area contributed by atoms with Gasteiger partial charge < -0.3 is 15.0 Å². The zero-order chi connectivity index (χ0) is 20.2. The van der Waals surface area contributed by atoms with E-state index in [0.29, 0.717) is 18.6 Å². The van der Waals surface area contributed by atoms with E-state index in [1.54, 1.807) is 7.11 Å². The lowest BCUT2D eigenvalue weighted by Gasteiger charge is -2.45. The van der Waals surface area contributed by atoms with Crippen LogP contribution in [-0.4, -0.2) is 24.4 Å². The van der Waals surface area contributed by atoms with Crippen molar-refractivity contribution in [1.82, 2.24) is 4.98 Å². The van der Waals surface area contributed by atoms with E-state index in [0.717, 1.165) is 18.7 Å². The number of quaternary nitrogens is 1. The Morgan fingerprint density at radius 1 is 1.07 bits per heavy atom. The number of hydrogen-bond donors (Lipinski definition) is 2. The molecule has 1 spiro atoms. The number of benzene rings is 2. The molecule has 1 aromatic heterocycles. The maximum Gasteiger partial charge on any atom is 0.144 e. The highest BCUT2D eigenvalue weighted by Gasteiger charge is 2.53. The summed E-state index contributed by atoms with van der Waals surface area (Å²) in [6.45, 7) is 5.42. The lowest BCUT2D eigenvalue weighted by atomic mass is 9.63. The number of nitrogens with two attached hydrogens (primary N) is 1. The minimum absolute atomic E-state index is 0.0212. The Morgan fingerprint density at radius 2 is 1.83 bits per heavy atom. The summed E-state index contributed by atoms with van der Waals surface area (Å²) in [7, 11) is 1.70. The molecule has 0 bridgehead atoms. The number of ketones is 1. The van der Waals surface area contributed by atoms with E-state index in [9.17, 15) is 4.79 Å². The van der Waals surface area contributed by atoms with Crippen LogP contribution in [0.25, 0.3) is 10.9 Å². The van der Waals surface area contributed by atoms with Crippen LogP contribution >= 0.6 is 0 Å². The molecule has 1 aliphatic carbocycles. The first-order valence-electron chi connectivity index (χ1n) is 10.5. The average Bonchev–Trinajstić information content (AvgIpc) is 3.08. The van der Waals surface area contributed by atoms with E-state index >= 15 is 0 Å². The van der Waals surface area contributed by atoms with Crippen molar-refractivity contribution in [3.05, 3.63) is 65.4 Å². The van der Waals surface area contributed by atoms with Crippen LogP contribution in [-0.2, 0) is 10.3 Å². The Hall–Kier alpha value is -2.59. The summed E-state index contributed by atoms with van der Waals surface area (Å²) in [4.78, 5) is 16.5. The normalized spacial score (nSPS) is 25.9. The molecule has 1 fully saturated rings. The van der Waals surface area contributed by atoms with Gasteiger partial charge in [-0.15, -0.1) is 0 Å². The molecule has 0 radical (unpaired) electrons. The van der Waals surface area contributed by atoms with Crippen molar-refractivity contribution in [2.45, 2.75) is 44.6 Å². The number of methoxy groups -OCH3 is 1. The summed E-state index contributed by atoms with van der Waals surface area (Å²) in [5.74, 6) is 1.55. The first-order valence-corrected chi connectivity index (χ1v) is 10.5. The predicted octanol–water partition coefficient (Wildman–Crippen LogP) is 3.86. The number of H-pyrrole nitrogens is 1. The standard InChI is InChI=1S/C25H28N2O2/c1-24(2)12-17(28)13-25(15-24)23-22(19-6-4-5-7-21(19)27-23)20(14-26-25)16-8-10-18(29-3)11-9-16/h4-11,20,26-27H,12-15H2,1-3H3/p+1/t20-,25+/m0/s1. The number of rotatable bonds is 2. The Labute approximate surface area is 171 Å². The maximum absolute atomic E-state index is 12.8. The molecule has 4 nitrogen and oxygen atoms in total. The van der Waals surface area contributed by atoms with Gasteiger partial charge in [0.15, 0.2) is 0 Å². The number of hydrogen-bond acceptors (Lipinski definition) is 2. The van der Waals surface area contributed by atoms with Gasteiger partial charge >= 0.3 is 0 Å². The lowest BCUT2D eigenvalue weighted by Crippen LogP contribution is -2.98. The van der Waals surface area contributed by atoms with Crippen LogP contribution in [0.3, 0.4) is 0 Å². The van der Waals surface area contributed by atoms with Gasteiger partial charge in [-0.2, -0.15) is 0 Å². The number of Topliss-reactive ketones (excluding diaryl/α,β-unsaturated/α-hetero) is 1. The molecule has 0 unspecified atom stereocenters. The molecule has 5 rings (SSSR count). The highest BCUT2D eigenvalue weighted by molar-refractivity contribution is 5.88. The number of aromatic amines is 1. The fourth-order valence-electron chi connectivity index (χ4n) is 5.87. The molecule has 2 atom stereocenters. The van der Waals surface area contributed by atoms with Crippen LogP contribution in [0.15, 0.2) is 48.5 Å². The Morgan fingerprint density at radius 3 is 2.55 bits per heavy atom. The van der Waals surface area contributed by atoms with Crippen molar-refractivity contribution in [2.75, 3.05) is 13.7 Å². The van der Waals surface area contributed by atoms with Gasteiger partial charge in [-0.25, -0.2) is 0 Å². The predicted molar refractivity (Wildman–Crippen MR) is 114 cm³/mol. The third-order valence-electron chi connectivity index (χ3n) is 6.84. The van der Waals surface area contributed by atoms with Gasteiger partial charge in [0.05, 0.1) is 31.7 Å². The molecule has 3 N–H and O–H groups in total. The van der Waals surface area contributed by atoms with Gasteiger partial charge in [0, 0.05) is 29.3 Å². The van der Waals surface area contributed by atoms with Crippen molar-refractivity contribution in [3.8, 4) is 5.75 Å². The number of para-hydroxylation sites is 1. The summed E-state index contributed by atoms with van der Waals surface area (Å²) in [5, 5.41) is 3.73. The minimum Gasteiger partial charge on any atom is -0.497 e. The largest absolute Gasteiger partial charge is 0.497 e. The van der Waals surface area contributed by atoms with Gasteiger partial charge in [0.2, 0.25) is 0 Å². The first-order chi connectivity index (χ1) is 13.9. The maximum atomic E-state index is 12.8. The first kappa shape index (κ1) is 18.4. The lowest BCUT2D eigenvalue weighted by molar-refractivity contribution is -0.744. The molecule has 2 heterocycles. The third kappa shape index (κ3) is 2.98. The second-order valence-corrected chi connectivity index (χ2v) is 9.61. The second-order valence-electron chi connectivity index (χ2n) is 9.61. The highest BCUT2D eigenvalue weighted by atomic mass is 16.5. The van der Waals surface area contributed by atoms with Crippen molar-refractivity contribution in [2.24, 2.45) is 5.41 Å². The monoisotopic (exact) mass is 389 g/mol. The van der Waals surface area contributed by atoms with Crippen molar-refractivity contribution in [3.63, 3.8) is 0 Å². The van der Waals surface area contributed by atoms with E-state index in [1.807, 2.05) is 12.1 Å². The molecule has 1 saturated carbocycles. The highest BCUT2D eigenvalue weighted by Crippen LogP contribution is 2.48. The van der Waals surface area contributed by atoms with Crippen molar-refractivity contribution < 1.29 is 14.8 Å². The van der Waals surface area contributed by atoms with Crippen LogP contribution in [0.1, 0.15) is 55.8 Å². The van der Waals surface area contributed by atoms with Crippen LogP contribution in [0, 0.1) is 5.41 Å². The molecular weight excluding hydrogens is 360 g/mol. The fourth-order valence-corrected chi connectivity index (χ4v) is 5.87. The van der Waals surface area contributed by atoms with E-state index in [4.69, 9.17) is 4.74 Å². The average molecular weight is 390 g/mol. The number of carbonyl (C=O) groups is 1. The summed E-state index contributed by atoms with van der Waals surface area (Å²) >= 11 is 0. The minimum atomic E-state index is -0.184. The molecular formula is C25H29N2O2+. The van der Waals surface area contributed by atoms with Crippen LogP contribution < -0.4 is 10.1 Å². The molecule has 3 aromatic rings. The van der Waals surface area contributed by atoms with E-state index in [2.05, 4.69) is 60.5 Å². The topological polar surface area (TPSA) is 58.7 Å². The van der Waals surface area contributed by atoms with Gasteiger partial charge in [-0.05, 0) is 29.2 Å². The van der Waals surface area contributed by atoms with Crippen LogP contribution in [0.2, 0.25) is 0 Å². The summed E-state index contributed by atoms with van der Waals surface area (Å²) in [5.41, 5.74) is 4.93. The van der Waals surface area contributed by atoms with Crippen LogP contribution in [0.5, 0.6) is 5.75 Å². The Balaban J connectivity index is 1.69. The van der Waals surface area contributed by atoms with Crippen LogP contribution in [0.4, 0.5) is 0 Å². The second kappa shape index (κ2) is 6.46. The smallest absolute Gasteiger partial charge is 0.144 e. The van der Waals surface area contributed by atoms with E-state index < -0.39 is 0 Å². The molecule has 150 valence electrons. The van der Waals surface area contributed by atoms with Crippen molar-refractivity contribution in [1.29, 1.82) is 0 Å². The Bertz CT molecular complexity index is 1080. The summed E-state index contributed by atoms with van der Waals surface area (Å²) < 4.78 is 5.35. The van der Waals surface area contributed by atoms with E-state index in [-0.39, 0.29) is 16.9 Å². The zero-order valence-corrected chi connectivity index (χ0v) is 17.4. The number of carbonyl (C=O) groups excluding carboxylic acids is 1. The molecule has 1 aliphatic heterocycles. The quantitative estimate of drug-likeness (QED) is 0.699. The van der Waals surface area contributed by atoms with Gasteiger partial charge in [0.25, 0.3) is 0 Å². The van der Waals surface area contributed by atoms with Crippen molar-refractivity contribution >= 4 is 16.7 Å².